The molecule has 25 heavy (non-hydrogen) atoms. The molecule has 1 saturated heterocycles. The molecule has 1 fully saturated rings. The predicted molar refractivity (Wildman–Crippen MR) is 92.7 cm³/mol. The van der Waals surface area contributed by atoms with Gasteiger partial charge in [-0.05, 0) is 31.5 Å². The highest BCUT2D eigenvalue weighted by Gasteiger charge is 2.34. The maximum absolute atomic E-state index is 12.3. The van der Waals surface area contributed by atoms with Crippen LogP contribution in [-0.2, 0) is 19.4 Å². The smallest absolute Gasteiger partial charge is 0.342 e. The fourth-order valence-electron chi connectivity index (χ4n) is 2.79. The number of carbonyl (C=O) groups excluding carboxylic acids is 2. The fourth-order valence-corrected chi connectivity index (χ4v) is 4.69. The van der Waals surface area contributed by atoms with Crippen LogP contribution in [-0.4, -0.2) is 63.0 Å². The van der Waals surface area contributed by atoms with Gasteiger partial charge in [-0.1, -0.05) is 11.6 Å². The highest BCUT2D eigenvalue weighted by atomic mass is 35.5. The van der Waals surface area contributed by atoms with Gasteiger partial charge in [0.15, 0.2) is 16.4 Å². The summed E-state index contributed by atoms with van der Waals surface area (Å²) in [5.74, 6) is -0.860. The minimum Gasteiger partial charge on any atom is -0.496 e. The first-order valence-electron chi connectivity index (χ1n) is 7.78. The molecule has 0 unspecified atom stereocenters. The van der Waals surface area contributed by atoms with Crippen LogP contribution in [0.1, 0.15) is 23.7 Å². The molecule has 7 nitrogen and oxygen atoms in total. The van der Waals surface area contributed by atoms with Crippen LogP contribution >= 0.6 is 11.6 Å². The Balaban J connectivity index is 2.01. The average molecular weight is 390 g/mol. The molecule has 0 aromatic heterocycles. The van der Waals surface area contributed by atoms with Crippen molar-refractivity contribution in [1.82, 2.24) is 4.90 Å². The van der Waals surface area contributed by atoms with E-state index >= 15 is 0 Å². The number of likely N-dealkylation sites (N-methyl/N-ethyl adjacent to an activating group) is 1. The zero-order chi connectivity index (χ0) is 18.6. The molecular weight excluding hydrogens is 370 g/mol. The molecule has 1 aliphatic heterocycles. The lowest BCUT2D eigenvalue weighted by atomic mass is 10.2. The van der Waals surface area contributed by atoms with Gasteiger partial charge in [0.05, 0.1) is 18.6 Å². The van der Waals surface area contributed by atoms with E-state index in [0.717, 1.165) is 0 Å². The van der Waals surface area contributed by atoms with Crippen molar-refractivity contribution in [1.29, 1.82) is 0 Å². The minimum absolute atomic E-state index is 0.0529. The van der Waals surface area contributed by atoms with Gasteiger partial charge in [-0.2, -0.15) is 0 Å². The number of hydrogen-bond donors (Lipinski definition) is 0. The Labute approximate surface area is 151 Å². The van der Waals surface area contributed by atoms with Gasteiger partial charge in [-0.25, -0.2) is 13.2 Å². The quantitative estimate of drug-likeness (QED) is 0.685. The van der Waals surface area contributed by atoms with Gasteiger partial charge in [-0.3, -0.25) is 4.79 Å². The number of benzene rings is 1. The summed E-state index contributed by atoms with van der Waals surface area (Å²) < 4.78 is 33.3. The van der Waals surface area contributed by atoms with Gasteiger partial charge in [0.1, 0.15) is 11.3 Å². The van der Waals surface area contributed by atoms with Gasteiger partial charge in [0.25, 0.3) is 5.91 Å². The first kappa shape index (κ1) is 19.5. The fraction of sp³-hybridized carbons (Fsp3) is 0.500. The van der Waals surface area contributed by atoms with Crippen LogP contribution in [0.5, 0.6) is 5.75 Å². The molecule has 1 amide bonds. The van der Waals surface area contributed by atoms with Gasteiger partial charge in [0.2, 0.25) is 0 Å². The van der Waals surface area contributed by atoms with Gasteiger partial charge in [0, 0.05) is 17.6 Å². The molecule has 9 heteroatoms. The molecule has 1 aromatic carbocycles. The van der Waals surface area contributed by atoms with E-state index in [0.29, 0.717) is 18.0 Å². The lowest BCUT2D eigenvalue weighted by Gasteiger charge is -2.26. The number of esters is 1. The first-order chi connectivity index (χ1) is 11.8. The van der Waals surface area contributed by atoms with E-state index in [9.17, 15) is 18.0 Å². The Bertz CT molecular complexity index is 764. The predicted octanol–water partition coefficient (Wildman–Crippen LogP) is 1.54. The van der Waals surface area contributed by atoms with Crippen molar-refractivity contribution in [2.24, 2.45) is 0 Å². The van der Waals surface area contributed by atoms with E-state index < -0.39 is 28.3 Å². The maximum Gasteiger partial charge on any atom is 0.342 e. The summed E-state index contributed by atoms with van der Waals surface area (Å²) in [4.78, 5) is 26.0. The second-order valence-electron chi connectivity index (χ2n) is 5.66. The molecule has 1 atom stereocenters. The Hall–Kier alpha value is -1.80. The number of halogens is 1. The zero-order valence-electron chi connectivity index (χ0n) is 14.0. The van der Waals surface area contributed by atoms with Crippen molar-refractivity contribution in [2.75, 3.05) is 31.8 Å². The van der Waals surface area contributed by atoms with Gasteiger partial charge in [-0.15, -0.1) is 0 Å². The molecule has 0 N–H and O–H groups in total. The van der Waals surface area contributed by atoms with Crippen LogP contribution in [0.3, 0.4) is 0 Å². The summed E-state index contributed by atoms with van der Waals surface area (Å²) >= 11 is 5.87. The van der Waals surface area contributed by atoms with E-state index in [-0.39, 0.29) is 28.9 Å². The van der Waals surface area contributed by atoms with Gasteiger partial charge < -0.3 is 14.4 Å². The monoisotopic (exact) mass is 389 g/mol. The van der Waals surface area contributed by atoms with E-state index in [2.05, 4.69) is 0 Å². The van der Waals surface area contributed by atoms with Crippen LogP contribution in [0.25, 0.3) is 0 Å². The van der Waals surface area contributed by atoms with Crippen molar-refractivity contribution in [3.63, 3.8) is 0 Å². The lowest BCUT2D eigenvalue weighted by Crippen LogP contribution is -2.43. The molecule has 0 radical (unpaired) electrons. The number of ether oxygens (including phenoxy) is 2. The molecule has 138 valence electrons. The minimum atomic E-state index is -3.10. The first-order valence-corrected chi connectivity index (χ1v) is 9.98. The van der Waals surface area contributed by atoms with Crippen LogP contribution < -0.4 is 4.74 Å². The molecule has 1 aromatic rings. The number of nitrogens with zero attached hydrogens (tertiary/aromatic N) is 1. The summed E-state index contributed by atoms with van der Waals surface area (Å²) in [6, 6.07) is 4.13. The number of amides is 1. The Kier molecular flexibility index (Phi) is 6.29. The molecule has 0 aliphatic carbocycles. The van der Waals surface area contributed by atoms with Crippen LogP contribution in [0.15, 0.2) is 18.2 Å². The number of rotatable bonds is 6. The van der Waals surface area contributed by atoms with Crippen LogP contribution in [0.2, 0.25) is 5.02 Å². The van der Waals surface area contributed by atoms with Crippen molar-refractivity contribution < 1.29 is 27.5 Å². The van der Waals surface area contributed by atoms with Crippen molar-refractivity contribution in [3.05, 3.63) is 28.8 Å². The normalized spacial score (nSPS) is 18.6. The average Bonchev–Trinajstić information content (AvgIpc) is 2.92. The van der Waals surface area contributed by atoms with Crippen LogP contribution in [0.4, 0.5) is 0 Å². The lowest BCUT2D eigenvalue weighted by molar-refractivity contribution is -0.136. The van der Waals surface area contributed by atoms with Gasteiger partial charge >= 0.3 is 5.97 Å². The molecule has 1 heterocycles. The third-order valence-electron chi connectivity index (χ3n) is 4.02. The summed E-state index contributed by atoms with van der Waals surface area (Å²) in [6.45, 7) is 1.63. The van der Waals surface area contributed by atoms with Crippen molar-refractivity contribution in [3.8, 4) is 5.75 Å². The van der Waals surface area contributed by atoms with E-state index in [1.54, 1.807) is 13.0 Å². The number of hydrogen-bond acceptors (Lipinski definition) is 6. The SMILES string of the molecule is CCN(C(=O)COC(=O)c1cc(Cl)ccc1OC)[C@@H]1CCS(=O)(=O)C1. The molecule has 0 spiro atoms. The van der Waals surface area contributed by atoms with Crippen molar-refractivity contribution >= 4 is 33.3 Å². The van der Waals surface area contributed by atoms with Crippen molar-refractivity contribution in [2.45, 2.75) is 19.4 Å². The zero-order valence-corrected chi connectivity index (χ0v) is 15.6. The topological polar surface area (TPSA) is 90.0 Å². The summed E-state index contributed by atoms with van der Waals surface area (Å²) in [7, 11) is -1.70. The van der Waals surface area contributed by atoms with E-state index in [1.165, 1.54) is 24.1 Å². The summed E-state index contributed by atoms with van der Waals surface area (Å²) in [5, 5.41) is 0.338. The molecule has 0 saturated carbocycles. The maximum atomic E-state index is 12.3. The highest BCUT2D eigenvalue weighted by molar-refractivity contribution is 7.91. The Morgan fingerprint density at radius 2 is 2.08 bits per heavy atom. The highest BCUT2D eigenvalue weighted by Crippen LogP contribution is 2.23. The third-order valence-corrected chi connectivity index (χ3v) is 6.00. The Morgan fingerprint density at radius 3 is 2.64 bits per heavy atom. The number of methoxy groups -OCH3 is 1. The number of sulfone groups is 1. The van der Waals surface area contributed by atoms with E-state index in [1.807, 2.05) is 0 Å². The molecular formula is C16H20ClNO6S. The second-order valence-corrected chi connectivity index (χ2v) is 8.32. The molecule has 0 bridgehead atoms. The van der Waals surface area contributed by atoms with Crippen LogP contribution in [0, 0.1) is 0 Å². The standard InChI is InChI=1S/C16H20ClNO6S/c1-3-18(12-6-7-25(21,22)10-12)15(19)9-24-16(20)13-8-11(17)4-5-14(13)23-2/h4-5,8,12H,3,6-7,9-10H2,1-2H3/t12-/m1/s1. The second kappa shape index (κ2) is 8.05. The summed E-state index contributed by atoms with van der Waals surface area (Å²) in [6.07, 6.45) is 0.401. The largest absolute Gasteiger partial charge is 0.496 e. The molecule has 1 aliphatic rings. The third kappa shape index (κ3) is 4.85. The molecule has 2 rings (SSSR count). The summed E-state index contributed by atoms with van der Waals surface area (Å²) in [5.41, 5.74) is 0.120. The van der Waals surface area contributed by atoms with E-state index in [4.69, 9.17) is 21.1 Å². The number of carbonyl (C=O) groups is 2. The Morgan fingerprint density at radius 1 is 1.36 bits per heavy atom.